The Balaban J connectivity index is 1.76. The first kappa shape index (κ1) is 11.0. The number of aliphatic hydroxyl groups excluding tert-OH is 1. The molecule has 0 amide bonds. The molecule has 0 spiro atoms. The van der Waals surface area contributed by atoms with Crippen molar-refractivity contribution < 1.29 is 5.11 Å². The SMILES string of the molecule is OC(Cc1ccsc1)c1cccc(C2CC2)c1. The van der Waals surface area contributed by atoms with Gasteiger partial charge in [0, 0.05) is 6.42 Å². The van der Waals surface area contributed by atoms with Crippen LogP contribution in [0.2, 0.25) is 0 Å². The number of thiophene rings is 1. The van der Waals surface area contributed by atoms with Gasteiger partial charge in [-0.3, -0.25) is 0 Å². The normalized spacial score (nSPS) is 17.0. The third kappa shape index (κ3) is 2.59. The van der Waals surface area contributed by atoms with Gasteiger partial charge in [0.2, 0.25) is 0 Å². The van der Waals surface area contributed by atoms with Crippen molar-refractivity contribution in [2.75, 3.05) is 0 Å². The summed E-state index contributed by atoms with van der Waals surface area (Å²) in [5.41, 5.74) is 3.67. The average molecular weight is 244 g/mol. The highest BCUT2D eigenvalue weighted by Crippen LogP contribution is 2.40. The number of aliphatic hydroxyl groups is 1. The number of hydrogen-bond donors (Lipinski definition) is 1. The van der Waals surface area contributed by atoms with Crippen LogP contribution in [0.5, 0.6) is 0 Å². The van der Waals surface area contributed by atoms with E-state index in [0.717, 1.165) is 17.9 Å². The van der Waals surface area contributed by atoms with Crippen LogP contribution in [0.15, 0.2) is 41.1 Å². The van der Waals surface area contributed by atoms with E-state index in [4.69, 9.17) is 0 Å². The Kier molecular flexibility index (Phi) is 3.00. The summed E-state index contributed by atoms with van der Waals surface area (Å²) in [5, 5.41) is 14.4. The van der Waals surface area contributed by atoms with E-state index >= 15 is 0 Å². The minimum Gasteiger partial charge on any atom is -0.388 e. The molecule has 1 aromatic carbocycles. The fourth-order valence-corrected chi connectivity index (χ4v) is 2.87. The molecule has 0 bridgehead atoms. The first-order valence-corrected chi connectivity index (χ1v) is 7.06. The smallest absolute Gasteiger partial charge is 0.0830 e. The zero-order chi connectivity index (χ0) is 11.7. The Bertz CT molecular complexity index is 485. The predicted molar refractivity (Wildman–Crippen MR) is 71.4 cm³/mol. The molecule has 88 valence electrons. The quantitative estimate of drug-likeness (QED) is 0.864. The molecule has 0 aliphatic heterocycles. The van der Waals surface area contributed by atoms with E-state index in [2.05, 4.69) is 35.0 Å². The van der Waals surface area contributed by atoms with Crippen LogP contribution >= 0.6 is 11.3 Å². The van der Waals surface area contributed by atoms with Crippen molar-refractivity contribution in [3.8, 4) is 0 Å². The summed E-state index contributed by atoms with van der Waals surface area (Å²) in [5.74, 6) is 0.753. The summed E-state index contributed by atoms with van der Waals surface area (Å²) in [6.45, 7) is 0. The average Bonchev–Trinajstić information content (AvgIpc) is 3.09. The summed E-state index contributed by atoms with van der Waals surface area (Å²) in [7, 11) is 0. The van der Waals surface area contributed by atoms with Crippen LogP contribution in [0.4, 0.5) is 0 Å². The minimum absolute atomic E-state index is 0.372. The van der Waals surface area contributed by atoms with Crippen LogP contribution in [0.3, 0.4) is 0 Å². The maximum absolute atomic E-state index is 10.2. The maximum atomic E-state index is 10.2. The van der Waals surface area contributed by atoms with Gasteiger partial charge in [0.05, 0.1) is 6.10 Å². The molecule has 0 saturated heterocycles. The number of hydrogen-bond acceptors (Lipinski definition) is 2. The minimum atomic E-state index is -0.372. The van der Waals surface area contributed by atoms with Crippen molar-refractivity contribution in [2.45, 2.75) is 31.3 Å². The second kappa shape index (κ2) is 4.63. The molecule has 1 aliphatic carbocycles. The third-order valence-electron chi connectivity index (χ3n) is 3.35. The highest BCUT2D eigenvalue weighted by molar-refractivity contribution is 7.07. The van der Waals surface area contributed by atoms with E-state index in [0.29, 0.717) is 0 Å². The second-order valence-electron chi connectivity index (χ2n) is 4.80. The molecule has 1 unspecified atom stereocenters. The number of rotatable bonds is 4. The third-order valence-corrected chi connectivity index (χ3v) is 4.09. The van der Waals surface area contributed by atoms with E-state index in [9.17, 15) is 5.11 Å². The van der Waals surface area contributed by atoms with Crippen molar-refractivity contribution in [3.63, 3.8) is 0 Å². The van der Waals surface area contributed by atoms with Crippen LogP contribution in [-0.4, -0.2) is 5.11 Å². The lowest BCUT2D eigenvalue weighted by Crippen LogP contribution is -2.01. The van der Waals surface area contributed by atoms with E-state index in [1.54, 1.807) is 11.3 Å². The van der Waals surface area contributed by atoms with E-state index in [-0.39, 0.29) is 6.10 Å². The maximum Gasteiger partial charge on any atom is 0.0830 e. The fraction of sp³-hybridized carbons (Fsp3) is 0.333. The number of benzene rings is 1. The molecule has 2 heteroatoms. The summed E-state index contributed by atoms with van der Waals surface area (Å²) in [4.78, 5) is 0. The van der Waals surface area contributed by atoms with Gasteiger partial charge in [0.1, 0.15) is 0 Å². The Morgan fingerprint density at radius 3 is 2.88 bits per heavy atom. The van der Waals surface area contributed by atoms with Crippen LogP contribution in [0.25, 0.3) is 0 Å². The molecule has 1 heterocycles. The second-order valence-corrected chi connectivity index (χ2v) is 5.58. The lowest BCUT2D eigenvalue weighted by atomic mass is 10.00. The molecular formula is C15H16OS. The van der Waals surface area contributed by atoms with Crippen molar-refractivity contribution >= 4 is 11.3 Å². The standard InChI is InChI=1S/C15H16OS/c16-15(8-11-6-7-17-10-11)14-3-1-2-13(9-14)12-4-5-12/h1-3,6-7,9-10,12,15-16H,4-5,8H2. The molecule has 1 nitrogen and oxygen atoms in total. The van der Waals surface area contributed by atoms with Crippen LogP contribution in [-0.2, 0) is 6.42 Å². The Morgan fingerprint density at radius 2 is 2.18 bits per heavy atom. The van der Waals surface area contributed by atoms with Gasteiger partial charge in [-0.15, -0.1) is 0 Å². The summed E-state index contributed by atoms with van der Waals surface area (Å²) in [6.07, 6.45) is 2.97. The van der Waals surface area contributed by atoms with Crippen LogP contribution < -0.4 is 0 Å². The van der Waals surface area contributed by atoms with Gasteiger partial charge in [-0.1, -0.05) is 24.3 Å². The zero-order valence-corrected chi connectivity index (χ0v) is 10.5. The zero-order valence-electron chi connectivity index (χ0n) is 9.67. The van der Waals surface area contributed by atoms with E-state index in [1.165, 1.54) is 24.0 Å². The van der Waals surface area contributed by atoms with Gasteiger partial charge >= 0.3 is 0 Å². The molecular weight excluding hydrogens is 228 g/mol. The first-order chi connectivity index (χ1) is 8.33. The molecule has 1 aromatic heterocycles. The van der Waals surface area contributed by atoms with Crippen molar-refractivity contribution in [2.24, 2.45) is 0 Å². The van der Waals surface area contributed by atoms with Crippen molar-refractivity contribution in [1.29, 1.82) is 0 Å². The molecule has 0 radical (unpaired) electrons. The van der Waals surface area contributed by atoms with E-state index in [1.807, 2.05) is 6.07 Å². The molecule has 1 atom stereocenters. The fourth-order valence-electron chi connectivity index (χ4n) is 2.19. The topological polar surface area (TPSA) is 20.2 Å². The molecule has 17 heavy (non-hydrogen) atoms. The Morgan fingerprint density at radius 1 is 1.29 bits per heavy atom. The lowest BCUT2D eigenvalue weighted by molar-refractivity contribution is 0.178. The molecule has 1 N–H and O–H groups in total. The van der Waals surface area contributed by atoms with Crippen LogP contribution in [0.1, 0.15) is 41.6 Å². The summed E-state index contributed by atoms with van der Waals surface area (Å²) in [6, 6.07) is 10.5. The largest absolute Gasteiger partial charge is 0.388 e. The van der Waals surface area contributed by atoms with Gasteiger partial charge in [-0.25, -0.2) is 0 Å². The highest BCUT2D eigenvalue weighted by Gasteiger charge is 2.23. The predicted octanol–water partition coefficient (Wildman–Crippen LogP) is 3.90. The van der Waals surface area contributed by atoms with Crippen molar-refractivity contribution in [3.05, 3.63) is 57.8 Å². The molecule has 1 aliphatic rings. The lowest BCUT2D eigenvalue weighted by Gasteiger charge is -2.11. The van der Waals surface area contributed by atoms with Gasteiger partial charge in [-0.2, -0.15) is 11.3 Å². The summed E-state index contributed by atoms with van der Waals surface area (Å²) < 4.78 is 0. The van der Waals surface area contributed by atoms with Gasteiger partial charge < -0.3 is 5.11 Å². The van der Waals surface area contributed by atoms with Gasteiger partial charge in [-0.05, 0) is 52.3 Å². The van der Waals surface area contributed by atoms with Gasteiger partial charge in [0.25, 0.3) is 0 Å². The molecule has 2 aromatic rings. The first-order valence-electron chi connectivity index (χ1n) is 6.12. The Hall–Kier alpha value is -1.12. The summed E-state index contributed by atoms with van der Waals surface area (Å²) >= 11 is 1.68. The Labute approximate surface area is 106 Å². The molecule has 1 saturated carbocycles. The monoisotopic (exact) mass is 244 g/mol. The highest BCUT2D eigenvalue weighted by atomic mass is 32.1. The molecule has 1 fully saturated rings. The van der Waals surface area contributed by atoms with E-state index < -0.39 is 0 Å². The van der Waals surface area contributed by atoms with Crippen molar-refractivity contribution in [1.82, 2.24) is 0 Å². The molecule has 3 rings (SSSR count). The van der Waals surface area contributed by atoms with Crippen LogP contribution in [0, 0.1) is 0 Å². The van der Waals surface area contributed by atoms with Gasteiger partial charge in [0.15, 0.2) is 0 Å².